The van der Waals surface area contributed by atoms with E-state index in [9.17, 15) is 25.4 Å². The molecule has 0 aliphatic carbocycles. The summed E-state index contributed by atoms with van der Waals surface area (Å²) >= 11 is 0. The summed E-state index contributed by atoms with van der Waals surface area (Å²) in [6, 6.07) is 13.9. The number of benzene rings is 2. The molecule has 0 saturated carbocycles. The summed E-state index contributed by atoms with van der Waals surface area (Å²) in [4.78, 5) is 15.0. The lowest BCUT2D eigenvalue weighted by Crippen LogP contribution is -2.58. The number of aromatic nitrogens is 3. The molecule has 4 N–H and O–H groups in total. The average Bonchev–Trinajstić information content (AvgIpc) is 3.46. The summed E-state index contributed by atoms with van der Waals surface area (Å²) in [7, 11) is 1.32. The number of aliphatic hydroxyl groups is 3. The molecule has 0 bridgehead atoms. The predicted octanol–water partition coefficient (Wildman–Crippen LogP) is -0.0547. The maximum atomic E-state index is 12.7. The fraction of sp³-hybridized carbons (Fsp3) is 0.429. The Bertz CT molecular complexity index is 1450. The Morgan fingerprint density at radius 2 is 1.90 bits per heavy atom. The second-order valence-corrected chi connectivity index (χ2v) is 9.93. The van der Waals surface area contributed by atoms with Crippen LogP contribution < -0.4 is 10.2 Å². The molecule has 41 heavy (non-hydrogen) atoms. The summed E-state index contributed by atoms with van der Waals surface area (Å²) in [5, 5.41) is 52.5. The van der Waals surface area contributed by atoms with Crippen molar-refractivity contribution < 1.29 is 34.3 Å². The van der Waals surface area contributed by atoms with E-state index < -0.39 is 36.6 Å². The van der Waals surface area contributed by atoms with Crippen molar-refractivity contribution in [2.45, 2.75) is 43.8 Å². The van der Waals surface area contributed by atoms with Crippen LogP contribution in [-0.2, 0) is 32.1 Å². The third-order valence-corrected chi connectivity index (χ3v) is 7.18. The van der Waals surface area contributed by atoms with E-state index in [4.69, 9.17) is 14.2 Å². The molecular formula is C28H32N6O7. The van der Waals surface area contributed by atoms with E-state index in [1.807, 2.05) is 30.3 Å². The molecule has 1 aromatic heterocycles. The van der Waals surface area contributed by atoms with Crippen molar-refractivity contribution in [1.82, 2.24) is 20.3 Å². The van der Waals surface area contributed by atoms with Gasteiger partial charge in [0.1, 0.15) is 41.8 Å². The number of hydrogen-bond acceptors (Lipinski definition) is 11. The zero-order valence-corrected chi connectivity index (χ0v) is 22.5. The highest BCUT2D eigenvalue weighted by Crippen LogP contribution is 2.25. The Labute approximate surface area is 236 Å². The maximum Gasteiger partial charge on any atom is 0.262 e. The predicted molar refractivity (Wildman–Crippen MR) is 146 cm³/mol. The minimum Gasteiger partial charge on any atom is -0.388 e. The minimum atomic E-state index is -1.45. The summed E-state index contributed by atoms with van der Waals surface area (Å²) in [5.41, 5.74) is 2.21. The monoisotopic (exact) mass is 564 g/mol. The lowest BCUT2D eigenvalue weighted by Gasteiger charge is -2.39. The van der Waals surface area contributed by atoms with Crippen molar-refractivity contribution >= 4 is 28.4 Å². The molecule has 5 rings (SSSR count). The van der Waals surface area contributed by atoms with E-state index in [1.54, 1.807) is 6.20 Å². The lowest BCUT2D eigenvalue weighted by atomic mass is 9.99. The van der Waals surface area contributed by atoms with Gasteiger partial charge in [-0.1, -0.05) is 23.4 Å². The minimum absolute atomic E-state index is 0.00992. The Balaban J connectivity index is 1.19. The van der Waals surface area contributed by atoms with Crippen LogP contribution in [0.5, 0.6) is 0 Å². The van der Waals surface area contributed by atoms with Crippen molar-refractivity contribution in [2.75, 3.05) is 38.3 Å². The normalized spacial score (nSPS) is 25.2. The number of methoxy groups -OCH3 is 1. The van der Waals surface area contributed by atoms with Crippen LogP contribution in [0.4, 0.5) is 5.69 Å². The highest BCUT2D eigenvalue weighted by atomic mass is 16.7. The van der Waals surface area contributed by atoms with Crippen LogP contribution in [0.25, 0.3) is 16.8 Å². The number of nitriles is 1. The highest BCUT2D eigenvalue weighted by molar-refractivity contribution is 6.02. The molecule has 216 valence electrons. The van der Waals surface area contributed by atoms with Crippen LogP contribution in [0.1, 0.15) is 11.3 Å². The summed E-state index contributed by atoms with van der Waals surface area (Å²) in [6.07, 6.45) is -3.15. The molecule has 2 fully saturated rings. The number of nitrogens with one attached hydrogen (secondary N) is 1. The third kappa shape index (κ3) is 6.54. The van der Waals surface area contributed by atoms with E-state index in [0.29, 0.717) is 18.9 Å². The van der Waals surface area contributed by atoms with E-state index in [-0.39, 0.29) is 18.7 Å². The highest BCUT2D eigenvalue weighted by Gasteiger charge is 2.44. The summed E-state index contributed by atoms with van der Waals surface area (Å²) < 4.78 is 17.3. The van der Waals surface area contributed by atoms with Crippen molar-refractivity contribution in [3.8, 4) is 6.07 Å². The topological polar surface area (TPSA) is 175 Å². The standard InChI is InChI=1S/C28H32N6O7/c1-39-28-26(37)25(36)24(35)23(41-28)16-34-15-21(31-32-34)14-30-27(38)20(13-29)11-17-2-3-19-12-22(5-4-18(19)10-17)33-6-8-40-9-7-33/h2-5,10-12,15,23-26,28,35-37H,6-9,14,16H2,1H3,(H,30,38)/b20-11+/t23-,24-,25+,26-,28+/m1/s1. The van der Waals surface area contributed by atoms with Gasteiger partial charge in [-0.25, -0.2) is 4.68 Å². The van der Waals surface area contributed by atoms with Crippen LogP contribution in [0.15, 0.2) is 48.2 Å². The number of aliphatic hydroxyl groups excluding tert-OH is 3. The molecule has 1 amide bonds. The average molecular weight is 565 g/mol. The second-order valence-electron chi connectivity index (χ2n) is 9.93. The van der Waals surface area contributed by atoms with Gasteiger partial charge in [0.15, 0.2) is 6.29 Å². The Hall–Kier alpha value is -3.90. The first-order valence-corrected chi connectivity index (χ1v) is 13.2. The van der Waals surface area contributed by atoms with Gasteiger partial charge in [-0.05, 0) is 40.6 Å². The number of carbonyl (C=O) groups is 1. The van der Waals surface area contributed by atoms with E-state index in [2.05, 4.69) is 32.7 Å². The molecule has 0 radical (unpaired) electrons. The lowest BCUT2D eigenvalue weighted by molar-refractivity contribution is -0.292. The summed E-state index contributed by atoms with van der Waals surface area (Å²) in [5.74, 6) is -0.559. The van der Waals surface area contributed by atoms with Crippen LogP contribution in [0.2, 0.25) is 0 Å². The molecule has 3 aromatic rings. The maximum absolute atomic E-state index is 12.7. The van der Waals surface area contributed by atoms with Gasteiger partial charge >= 0.3 is 0 Å². The van der Waals surface area contributed by atoms with Crippen molar-refractivity contribution in [3.63, 3.8) is 0 Å². The van der Waals surface area contributed by atoms with Gasteiger partial charge in [0, 0.05) is 25.9 Å². The molecule has 3 heterocycles. The zero-order chi connectivity index (χ0) is 28.9. The van der Waals surface area contributed by atoms with Crippen LogP contribution in [-0.4, -0.2) is 100 Å². The van der Waals surface area contributed by atoms with E-state index >= 15 is 0 Å². The smallest absolute Gasteiger partial charge is 0.262 e. The number of carbonyl (C=O) groups excluding carboxylic acids is 1. The Morgan fingerprint density at radius 3 is 2.66 bits per heavy atom. The molecule has 2 aromatic carbocycles. The molecule has 13 nitrogen and oxygen atoms in total. The quantitative estimate of drug-likeness (QED) is 0.213. The van der Waals surface area contributed by atoms with Gasteiger partial charge in [0.05, 0.1) is 32.5 Å². The van der Waals surface area contributed by atoms with Gasteiger partial charge < -0.3 is 39.7 Å². The number of morpholine rings is 1. The molecule has 2 saturated heterocycles. The van der Waals surface area contributed by atoms with Gasteiger partial charge in [0.25, 0.3) is 5.91 Å². The van der Waals surface area contributed by atoms with Crippen LogP contribution >= 0.6 is 0 Å². The molecule has 0 spiro atoms. The fourth-order valence-corrected chi connectivity index (χ4v) is 4.90. The fourth-order valence-electron chi connectivity index (χ4n) is 4.90. The van der Waals surface area contributed by atoms with Gasteiger partial charge in [-0.15, -0.1) is 5.10 Å². The van der Waals surface area contributed by atoms with Crippen LogP contribution in [0.3, 0.4) is 0 Å². The van der Waals surface area contributed by atoms with Gasteiger partial charge in [0.2, 0.25) is 0 Å². The zero-order valence-electron chi connectivity index (χ0n) is 22.5. The van der Waals surface area contributed by atoms with E-state index in [1.165, 1.54) is 17.9 Å². The molecule has 2 aliphatic heterocycles. The van der Waals surface area contributed by atoms with Crippen molar-refractivity contribution in [1.29, 1.82) is 5.26 Å². The number of amides is 1. The SMILES string of the molecule is CO[C@H]1O[C@H](Cn2cc(CNC(=O)/C(C#N)=C/c3ccc4cc(N5CCOCC5)ccc4c3)nn2)[C@@H](O)[C@H](O)[C@H]1O. The van der Waals surface area contributed by atoms with Gasteiger partial charge in [-0.3, -0.25) is 4.79 Å². The van der Waals surface area contributed by atoms with Gasteiger partial charge in [-0.2, -0.15) is 5.26 Å². The molecule has 2 aliphatic rings. The number of hydrogen-bond donors (Lipinski definition) is 4. The van der Waals surface area contributed by atoms with E-state index in [0.717, 1.165) is 35.1 Å². The Kier molecular flexibility index (Phi) is 8.89. The second kappa shape index (κ2) is 12.7. The number of nitrogens with zero attached hydrogens (tertiary/aromatic N) is 5. The first kappa shape index (κ1) is 28.6. The Morgan fingerprint density at radius 1 is 1.15 bits per heavy atom. The number of anilines is 1. The first-order valence-electron chi connectivity index (χ1n) is 13.2. The number of ether oxygens (including phenoxy) is 3. The first-order chi connectivity index (χ1) is 19.9. The molecular weight excluding hydrogens is 532 g/mol. The molecule has 13 heteroatoms. The molecule has 5 atom stereocenters. The largest absolute Gasteiger partial charge is 0.388 e. The molecule has 0 unspecified atom stereocenters. The number of rotatable bonds is 8. The number of fused-ring (bicyclic) bond motifs is 1. The third-order valence-electron chi connectivity index (χ3n) is 7.18. The van der Waals surface area contributed by atoms with Crippen molar-refractivity contribution in [3.05, 3.63) is 59.4 Å². The summed E-state index contributed by atoms with van der Waals surface area (Å²) in [6.45, 7) is 3.16. The van der Waals surface area contributed by atoms with Crippen molar-refractivity contribution in [2.24, 2.45) is 0 Å². The van der Waals surface area contributed by atoms with Crippen LogP contribution in [0, 0.1) is 11.3 Å².